The average Bonchev–Trinajstić information content (AvgIpc) is 2.29. The van der Waals surface area contributed by atoms with E-state index in [1.807, 2.05) is 30.3 Å². The summed E-state index contributed by atoms with van der Waals surface area (Å²) in [5.41, 5.74) is 8.00. The first-order valence-corrected chi connectivity index (χ1v) is 4.87. The van der Waals surface area contributed by atoms with Crippen LogP contribution in [0.3, 0.4) is 0 Å². The lowest BCUT2D eigenvalue weighted by molar-refractivity contribution is 0.0698. The molecule has 2 aromatic rings. The van der Waals surface area contributed by atoms with Gasteiger partial charge in [-0.2, -0.15) is 0 Å². The second kappa shape index (κ2) is 5.37. The van der Waals surface area contributed by atoms with Crippen LogP contribution in [0.25, 0.3) is 11.1 Å². The van der Waals surface area contributed by atoms with E-state index in [0.717, 1.165) is 5.56 Å². The van der Waals surface area contributed by atoms with Gasteiger partial charge in [0.25, 0.3) is 0 Å². The highest BCUT2D eigenvalue weighted by Crippen LogP contribution is 2.25. The van der Waals surface area contributed by atoms with E-state index in [2.05, 4.69) is 0 Å². The molecule has 0 aromatic heterocycles. The highest BCUT2D eigenvalue weighted by Gasteiger charge is 2.11. The van der Waals surface area contributed by atoms with E-state index in [1.54, 1.807) is 12.1 Å². The number of nitrogens with two attached hydrogens (primary N) is 1. The number of aromatic carboxylic acids is 1. The number of benzene rings is 2. The van der Waals surface area contributed by atoms with E-state index in [9.17, 15) is 4.79 Å². The van der Waals surface area contributed by atoms with Crippen molar-refractivity contribution >= 4 is 24.1 Å². The minimum atomic E-state index is -0.946. The molecule has 0 unspecified atom stereocenters. The predicted octanol–water partition coefficient (Wildman–Crippen LogP) is 3.06. The van der Waals surface area contributed by atoms with E-state index in [4.69, 9.17) is 10.8 Å². The summed E-state index contributed by atoms with van der Waals surface area (Å²) in [5, 5.41) is 9.08. The molecule has 0 bridgehead atoms. The second-order valence-corrected chi connectivity index (χ2v) is 3.48. The van der Waals surface area contributed by atoms with Crippen LogP contribution >= 0.6 is 12.4 Å². The Morgan fingerprint density at radius 2 is 1.71 bits per heavy atom. The summed E-state index contributed by atoms with van der Waals surface area (Å²) in [6.07, 6.45) is 0. The fourth-order valence-electron chi connectivity index (χ4n) is 1.60. The molecule has 88 valence electrons. The normalized spacial score (nSPS) is 9.41. The van der Waals surface area contributed by atoms with Gasteiger partial charge in [0.15, 0.2) is 0 Å². The van der Waals surface area contributed by atoms with E-state index in [-0.39, 0.29) is 18.0 Å². The number of carboxylic acids is 1. The fourth-order valence-corrected chi connectivity index (χ4v) is 1.60. The van der Waals surface area contributed by atoms with Gasteiger partial charge >= 0.3 is 5.97 Å². The van der Waals surface area contributed by atoms with E-state index < -0.39 is 5.97 Å². The Labute approximate surface area is 105 Å². The maximum atomic E-state index is 11.1. The second-order valence-electron chi connectivity index (χ2n) is 3.48. The predicted molar refractivity (Wildman–Crippen MR) is 70.5 cm³/mol. The quantitative estimate of drug-likeness (QED) is 0.804. The number of carboxylic acid groups (broad SMARTS) is 1. The maximum Gasteiger partial charge on any atom is 0.336 e. The summed E-state index contributed by atoms with van der Waals surface area (Å²) in [6.45, 7) is 0. The van der Waals surface area contributed by atoms with Crippen LogP contribution in [-0.2, 0) is 0 Å². The minimum absolute atomic E-state index is 0. The van der Waals surface area contributed by atoms with Gasteiger partial charge in [0.05, 0.1) is 5.56 Å². The molecule has 2 rings (SSSR count). The van der Waals surface area contributed by atoms with E-state index >= 15 is 0 Å². The SMILES string of the molecule is Cl.Nc1ccc(C(=O)O)c(-c2ccccc2)c1. The molecule has 0 saturated heterocycles. The van der Waals surface area contributed by atoms with Crippen LogP contribution in [0.4, 0.5) is 5.69 Å². The third kappa shape index (κ3) is 2.77. The Bertz CT molecular complexity index is 526. The molecule has 0 fully saturated rings. The zero-order valence-electron chi connectivity index (χ0n) is 8.96. The molecule has 17 heavy (non-hydrogen) atoms. The van der Waals surface area contributed by atoms with Gasteiger partial charge in [-0.25, -0.2) is 4.79 Å². The van der Waals surface area contributed by atoms with Gasteiger partial charge in [-0.3, -0.25) is 0 Å². The summed E-state index contributed by atoms with van der Waals surface area (Å²) in [5.74, 6) is -0.946. The van der Waals surface area contributed by atoms with Gasteiger partial charge in [-0.1, -0.05) is 30.3 Å². The van der Waals surface area contributed by atoms with Gasteiger partial charge in [-0.15, -0.1) is 12.4 Å². The van der Waals surface area contributed by atoms with Crippen molar-refractivity contribution in [2.45, 2.75) is 0 Å². The first-order valence-electron chi connectivity index (χ1n) is 4.87. The standard InChI is InChI=1S/C13H11NO2.ClH/c14-10-6-7-11(13(15)16)12(8-10)9-4-2-1-3-5-9;/h1-8H,14H2,(H,15,16);1H. The first kappa shape index (κ1) is 13.1. The van der Waals surface area contributed by atoms with Gasteiger partial charge in [0.2, 0.25) is 0 Å². The van der Waals surface area contributed by atoms with Crippen LogP contribution < -0.4 is 5.73 Å². The van der Waals surface area contributed by atoms with Gasteiger partial charge in [-0.05, 0) is 29.3 Å². The Balaban J connectivity index is 0.00000144. The molecule has 2 aromatic carbocycles. The highest BCUT2D eigenvalue weighted by molar-refractivity contribution is 5.96. The summed E-state index contributed by atoms with van der Waals surface area (Å²) in [7, 11) is 0. The van der Waals surface area contributed by atoms with Gasteiger partial charge in [0.1, 0.15) is 0 Å². The molecule has 3 nitrogen and oxygen atoms in total. The molecule has 4 heteroatoms. The molecular formula is C13H12ClNO2. The summed E-state index contributed by atoms with van der Waals surface area (Å²) >= 11 is 0. The van der Waals surface area contributed by atoms with E-state index in [1.165, 1.54) is 6.07 Å². The van der Waals surface area contributed by atoms with Crippen LogP contribution in [-0.4, -0.2) is 11.1 Å². The molecular weight excluding hydrogens is 238 g/mol. The van der Waals surface area contributed by atoms with Crippen molar-refractivity contribution in [1.29, 1.82) is 0 Å². The lowest BCUT2D eigenvalue weighted by Gasteiger charge is -2.07. The molecule has 0 radical (unpaired) electrons. The lowest BCUT2D eigenvalue weighted by atomic mass is 9.99. The molecule has 0 aliphatic carbocycles. The Morgan fingerprint density at radius 3 is 2.29 bits per heavy atom. The van der Waals surface area contributed by atoms with Crippen molar-refractivity contribution in [2.75, 3.05) is 5.73 Å². The molecule has 3 N–H and O–H groups in total. The molecule has 0 aliphatic heterocycles. The number of nitrogen functional groups attached to an aromatic ring is 1. The smallest absolute Gasteiger partial charge is 0.336 e. The molecule has 0 spiro atoms. The van der Waals surface area contributed by atoms with Crippen LogP contribution in [0, 0.1) is 0 Å². The third-order valence-electron chi connectivity index (χ3n) is 2.36. The topological polar surface area (TPSA) is 63.3 Å². The van der Waals surface area contributed by atoms with Crippen molar-refractivity contribution in [3.8, 4) is 11.1 Å². The largest absolute Gasteiger partial charge is 0.478 e. The van der Waals surface area contributed by atoms with Crippen molar-refractivity contribution in [2.24, 2.45) is 0 Å². The zero-order valence-corrected chi connectivity index (χ0v) is 9.78. The molecule has 0 saturated carbocycles. The van der Waals surface area contributed by atoms with Crippen molar-refractivity contribution in [1.82, 2.24) is 0 Å². The summed E-state index contributed by atoms with van der Waals surface area (Å²) in [4.78, 5) is 11.1. The lowest BCUT2D eigenvalue weighted by Crippen LogP contribution is -2.00. The van der Waals surface area contributed by atoms with Gasteiger partial charge in [0, 0.05) is 5.69 Å². The highest BCUT2D eigenvalue weighted by atomic mass is 35.5. The van der Waals surface area contributed by atoms with Crippen LogP contribution in [0.5, 0.6) is 0 Å². The summed E-state index contributed by atoms with van der Waals surface area (Å²) < 4.78 is 0. The first-order chi connectivity index (χ1) is 7.68. The monoisotopic (exact) mass is 249 g/mol. The molecule has 0 atom stereocenters. The molecule has 0 amide bonds. The molecule has 0 heterocycles. The van der Waals surface area contributed by atoms with Gasteiger partial charge < -0.3 is 10.8 Å². The maximum absolute atomic E-state index is 11.1. The number of hydrogen-bond acceptors (Lipinski definition) is 2. The number of halogens is 1. The Morgan fingerprint density at radius 1 is 1.06 bits per heavy atom. The van der Waals surface area contributed by atoms with Crippen LogP contribution in [0.1, 0.15) is 10.4 Å². The van der Waals surface area contributed by atoms with Crippen molar-refractivity contribution < 1.29 is 9.90 Å². The number of rotatable bonds is 2. The number of anilines is 1. The third-order valence-corrected chi connectivity index (χ3v) is 2.36. The Hall–Kier alpha value is -2.00. The molecule has 0 aliphatic rings. The van der Waals surface area contributed by atoms with Crippen molar-refractivity contribution in [3.05, 3.63) is 54.1 Å². The number of hydrogen-bond donors (Lipinski definition) is 2. The van der Waals surface area contributed by atoms with Crippen LogP contribution in [0.2, 0.25) is 0 Å². The summed E-state index contributed by atoms with van der Waals surface area (Å²) in [6, 6.07) is 14.1. The number of carbonyl (C=O) groups is 1. The van der Waals surface area contributed by atoms with E-state index in [0.29, 0.717) is 11.3 Å². The Kier molecular flexibility index (Phi) is 4.12. The average molecular weight is 250 g/mol. The zero-order chi connectivity index (χ0) is 11.5. The fraction of sp³-hybridized carbons (Fsp3) is 0. The minimum Gasteiger partial charge on any atom is -0.478 e. The van der Waals surface area contributed by atoms with Crippen LogP contribution in [0.15, 0.2) is 48.5 Å². The van der Waals surface area contributed by atoms with Crippen molar-refractivity contribution in [3.63, 3.8) is 0 Å².